The van der Waals surface area contributed by atoms with E-state index in [1.165, 1.54) is 27.8 Å². The van der Waals surface area contributed by atoms with Crippen molar-refractivity contribution in [2.45, 2.75) is 44.3 Å². The van der Waals surface area contributed by atoms with Crippen LogP contribution in [0.2, 0.25) is 0 Å². The van der Waals surface area contributed by atoms with Gasteiger partial charge in [-0.2, -0.15) is 0 Å². The van der Waals surface area contributed by atoms with Crippen LogP contribution in [0.4, 0.5) is 0 Å². The number of benzene rings is 3. The van der Waals surface area contributed by atoms with Crippen molar-refractivity contribution in [3.63, 3.8) is 0 Å². The first kappa shape index (κ1) is 20.4. The lowest BCUT2D eigenvalue weighted by Gasteiger charge is -2.48. The molecule has 0 unspecified atom stereocenters. The van der Waals surface area contributed by atoms with Crippen LogP contribution in [0.15, 0.2) is 54.6 Å². The van der Waals surface area contributed by atoms with Gasteiger partial charge in [-0.3, -0.25) is 4.90 Å². The first-order valence-corrected chi connectivity index (χ1v) is 11.6. The van der Waals surface area contributed by atoms with E-state index in [4.69, 9.17) is 18.9 Å². The highest BCUT2D eigenvalue weighted by Gasteiger charge is 2.43. The lowest BCUT2D eigenvalue weighted by molar-refractivity contribution is 0.120. The van der Waals surface area contributed by atoms with Gasteiger partial charge in [-0.25, -0.2) is 0 Å². The fraction of sp³-hybridized carbons (Fsp3) is 0.357. The zero-order valence-electron chi connectivity index (χ0n) is 19.3. The molecule has 3 atom stereocenters. The van der Waals surface area contributed by atoms with Crippen molar-refractivity contribution < 1.29 is 18.9 Å². The predicted octanol–water partition coefficient (Wildman–Crippen LogP) is 5.78. The van der Waals surface area contributed by atoms with E-state index >= 15 is 0 Å². The second kappa shape index (κ2) is 7.99. The van der Waals surface area contributed by atoms with Gasteiger partial charge in [-0.05, 0) is 64.4 Å². The number of fused-ring (bicyclic) bond motifs is 6. The Morgan fingerprint density at radius 2 is 1.58 bits per heavy atom. The largest absolute Gasteiger partial charge is 0.493 e. The Morgan fingerprint density at radius 1 is 0.879 bits per heavy atom. The normalized spacial score (nSPS) is 22.8. The van der Waals surface area contributed by atoms with Gasteiger partial charge in [0.2, 0.25) is 6.79 Å². The van der Waals surface area contributed by atoms with Crippen LogP contribution < -0.4 is 18.9 Å². The average molecular weight is 444 g/mol. The van der Waals surface area contributed by atoms with Gasteiger partial charge in [0.15, 0.2) is 23.0 Å². The van der Waals surface area contributed by atoms with E-state index in [0.717, 1.165) is 42.5 Å². The van der Waals surface area contributed by atoms with Gasteiger partial charge >= 0.3 is 0 Å². The highest BCUT2D eigenvalue weighted by molar-refractivity contribution is 5.56. The summed E-state index contributed by atoms with van der Waals surface area (Å²) in [6, 6.07) is 19.8. The quantitative estimate of drug-likeness (QED) is 0.511. The first-order chi connectivity index (χ1) is 16.2. The van der Waals surface area contributed by atoms with Gasteiger partial charge in [0, 0.05) is 25.0 Å². The maximum absolute atomic E-state index is 5.76. The van der Waals surface area contributed by atoms with E-state index in [2.05, 4.69) is 66.4 Å². The molecule has 0 bridgehead atoms. The summed E-state index contributed by atoms with van der Waals surface area (Å²) in [5, 5.41) is 0. The van der Waals surface area contributed by atoms with Crippen molar-refractivity contribution >= 4 is 0 Å². The highest BCUT2D eigenvalue weighted by atomic mass is 16.7. The molecule has 0 spiro atoms. The third kappa shape index (κ3) is 3.34. The molecule has 0 radical (unpaired) electrons. The van der Waals surface area contributed by atoms with Crippen LogP contribution in [-0.4, -0.2) is 25.9 Å². The Labute approximate surface area is 194 Å². The van der Waals surface area contributed by atoms with Crippen LogP contribution in [0.5, 0.6) is 23.0 Å². The first-order valence-electron chi connectivity index (χ1n) is 11.6. The second-order valence-corrected chi connectivity index (χ2v) is 9.32. The van der Waals surface area contributed by atoms with Crippen molar-refractivity contribution in [2.24, 2.45) is 0 Å². The third-order valence-electron chi connectivity index (χ3n) is 7.46. The number of ether oxygens (including phenoxy) is 4. The van der Waals surface area contributed by atoms with Gasteiger partial charge < -0.3 is 18.9 Å². The molecule has 170 valence electrons. The number of methoxy groups -OCH3 is 2. The second-order valence-electron chi connectivity index (χ2n) is 9.32. The zero-order valence-corrected chi connectivity index (χ0v) is 19.3. The van der Waals surface area contributed by atoms with E-state index in [1.54, 1.807) is 14.2 Å². The van der Waals surface area contributed by atoms with E-state index < -0.39 is 0 Å². The summed E-state index contributed by atoms with van der Waals surface area (Å²) >= 11 is 0. The topological polar surface area (TPSA) is 40.2 Å². The molecular weight excluding hydrogens is 414 g/mol. The number of hydrogen-bond donors (Lipinski definition) is 0. The lowest BCUT2D eigenvalue weighted by atomic mass is 9.68. The van der Waals surface area contributed by atoms with E-state index in [1.807, 2.05) is 0 Å². The molecule has 2 heterocycles. The number of hydrogen-bond acceptors (Lipinski definition) is 5. The number of rotatable bonds is 4. The van der Waals surface area contributed by atoms with Gasteiger partial charge in [0.05, 0.1) is 14.2 Å². The molecule has 6 rings (SSSR count). The molecule has 0 saturated heterocycles. The molecule has 0 fully saturated rings. The van der Waals surface area contributed by atoms with Crippen molar-refractivity contribution in [2.75, 3.05) is 21.0 Å². The summed E-state index contributed by atoms with van der Waals surface area (Å²) in [6.45, 7) is 4.38. The summed E-state index contributed by atoms with van der Waals surface area (Å²) in [4.78, 5) is 2.61. The Balaban J connectivity index is 1.51. The molecular formula is C28H29NO4. The molecule has 0 aromatic heterocycles. The minimum atomic E-state index is 0.254. The van der Waals surface area contributed by atoms with E-state index in [9.17, 15) is 0 Å². The molecule has 2 aliphatic heterocycles. The molecule has 0 amide bonds. The summed E-state index contributed by atoms with van der Waals surface area (Å²) < 4.78 is 22.8. The van der Waals surface area contributed by atoms with E-state index in [-0.39, 0.29) is 6.04 Å². The minimum Gasteiger partial charge on any atom is -0.493 e. The van der Waals surface area contributed by atoms with E-state index in [0.29, 0.717) is 18.6 Å². The maximum Gasteiger partial charge on any atom is 0.231 e. The Kier molecular flexibility index (Phi) is 4.95. The Morgan fingerprint density at radius 3 is 2.30 bits per heavy atom. The van der Waals surface area contributed by atoms with Crippen LogP contribution in [-0.2, 0) is 13.1 Å². The molecule has 0 saturated carbocycles. The molecule has 1 aliphatic carbocycles. The minimum absolute atomic E-state index is 0.254. The summed E-state index contributed by atoms with van der Waals surface area (Å²) in [7, 11) is 3.42. The average Bonchev–Trinajstić information content (AvgIpc) is 3.30. The molecule has 3 aromatic rings. The van der Waals surface area contributed by atoms with Crippen LogP contribution in [0, 0.1) is 0 Å². The van der Waals surface area contributed by atoms with Crippen LogP contribution >= 0.6 is 0 Å². The van der Waals surface area contributed by atoms with Crippen LogP contribution in [0.25, 0.3) is 0 Å². The van der Waals surface area contributed by atoms with Gasteiger partial charge in [-0.1, -0.05) is 37.3 Å². The molecule has 0 N–H and O–H groups in total. The van der Waals surface area contributed by atoms with Crippen LogP contribution in [0.3, 0.4) is 0 Å². The summed E-state index contributed by atoms with van der Waals surface area (Å²) in [5.41, 5.74) is 6.75. The zero-order chi connectivity index (χ0) is 22.5. The van der Waals surface area contributed by atoms with Crippen molar-refractivity contribution in [3.8, 4) is 23.0 Å². The molecule has 5 heteroatoms. The maximum atomic E-state index is 5.76. The lowest BCUT2D eigenvalue weighted by Crippen LogP contribution is -2.40. The standard InChI is InChI=1S/C28H29NO4/c1-17-9-22-21-12-27-26(32-16-33-27)10-19(21)15-29(14-18-7-5-4-6-8-18)28(22)23-13-25(31-3)24(30-2)11-20(17)23/h4-8,10-13,17,22,28H,9,14-16H2,1-3H3/t17-,22-,28-/m0/s1. The predicted molar refractivity (Wildman–Crippen MR) is 126 cm³/mol. The van der Waals surface area contributed by atoms with Crippen molar-refractivity contribution in [1.29, 1.82) is 0 Å². The van der Waals surface area contributed by atoms with Gasteiger partial charge in [-0.15, -0.1) is 0 Å². The molecule has 5 nitrogen and oxygen atoms in total. The Hall–Kier alpha value is -3.18. The monoisotopic (exact) mass is 443 g/mol. The van der Waals surface area contributed by atoms with Gasteiger partial charge in [0.1, 0.15) is 0 Å². The SMILES string of the molecule is COc1cc2c(cc1OC)[C@@H](C)C[C@H]1c3cc4c(cc3CN(Cc3ccccc3)[C@H]21)OCO4. The third-order valence-corrected chi connectivity index (χ3v) is 7.46. The fourth-order valence-corrected chi connectivity index (χ4v) is 5.97. The molecule has 3 aliphatic rings. The van der Waals surface area contributed by atoms with Gasteiger partial charge in [0.25, 0.3) is 0 Å². The Bertz CT molecular complexity index is 1190. The van der Waals surface area contributed by atoms with Crippen LogP contribution in [0.1, 0.15) is 59.0 Å². The van der Waals surface area contributed by atoms with Crippen molar-refractivity contribution in [3.05, 3.63) is 82.4 Å². The fourth-order valence-electron chi connectivity index (χ4n) is 5.97. The summed E-state index contributed by atoms with van der Waals surface area (Å²) in [6.07, 6.45) is 1.07. The van der Waals surface area contributed by atoms with Crippen molar-refractivity contribution in [1.82, 2.24) is 4.90 Å². The number of nitrogens with zero attached hydrogens (tertiary/aromatic N) is 1. The smallest absolute Gasteiger partial charge is 0.231 e. The highest BCUT2D eigenvalue weighted by Crippen LogP contribution is 2.56. The molecule has 3 aromatic carbocycles. The molecule has 33 heavy (non-hydrogen) atoms. The summed E-state index contributed by atoms with van der Waals surface area (Å²) in [5.74, 6) is 4.11.